The SMILES string of the molecule is Cc1cc2nnn3c(=O)cc(C)n3c2cc1C. The minimum Gasteiger partial charge on any atom is -0.266 e. The van der Waals surface area contributed by atoms with Crippen molar-refractivity contribution >= 4 is 11.0 Å². The topological polar surface area (TPSA) is 51.7 Å². The van der Waals surface area contributed by atoms with E-state index in [1.54, 1.807) is 10.6 Å². The van der Waals surface area contributed by atoms with Crippen LogP contribution < -0.4 is 5.56 Å². The first kappa shape index (κ1) is 10.0. The Labute approximate surface area is 97.3 Å². The Hall–Kier alpha value is -2.17. The van der Waals surface area contributed by atoms with Gasteiger partial charge in [0.1, 0.15) is 5.52 Å². The molecular formula is C12H12N4O. The van der Waals surface area contributed by atoms with E-state index in [9.17, 15) is 4.79 Å². The van der Waals surface area contributed by atoms with E-state index >= 15 is 0 Å². The van der Waals surface area contributed by atoms with E-state index in [2.05, 4.69) is 10.3 Å². The molecule has 2 aromatic heterocycles. The molecule has 3 aromatic rings. The van der Waals surface area contributed by atoms with E-state index < -0.39 is 0 Å². The summed E-state index contributed by atoms with van der Waals surface area (Å²) in [4.78, 5) is 11.6. The van der Waals surface area contributed by atoms with Gasteiger partial charge in [-0.1, -0.05) is 0 Å². The number of hydrogen-bond donors (Lipinski definition) is 0. The van der Waals surface area contributed by atoms with E-state index in [1.165, 1.54) is 15.8 Å². The van der Waals surface area contributed by atoms with Crippen molar-refractivity contribution in [3.8, 4) is 0 Å². The van der Waals surface area contributed by atoms with E-state index in [-0.39, 0.29) is 5.56 Å². The first-order valence-electron chi connectivity index (χ1n) is 5.43. The van der Waals surface area contributed by atoms with Crippen molar-refractivity contribution in [3.05, 3.63) is 45.4 Å². The van der Waals surface area contributed by atoms with Crippen LogP contribution in [0.5, 0.6) is 0 Å². The number of aromatic nitrogens is 4. The van der Waals surface area contributed by atoms with Crippen molar-refractivity contribution in [2.75, 3.05) is 0 Å². The van der Waals surface area contributed by atoms with Crippen LogP contribution in [0.15, 0.2) is 23.0 Å². The van der Waals surface area contributed by atoms with Crippen molar-refractivity contribution in [2.45, 2.75) is 20.8 Å². The van der Waals surface area contributed by atoms with Crippen LogP contribution in [0.1, 0.15) is 16.8 Å². The molecule has 0 N–H and O–H groups in total. The van der Waals surface area contributed by atoms with Gasteiger partial charge in [0.25, 0.3) is 5.56 Å². The Bertz CT molecular complexity index is 797. The van der Waals surface area contributed by atoms with Gasteiger partial charge in [0, 0.05) is 11.8 Å². The summed E-state index contributed by atoms with van der Waals surface area (Å²) >= 11 is 0. The molecule has 0 atom stereocenters. The molecule has 0 radical (unpaired) electrons. The lowest BCUT2D eigenvalue weighted by Gasteiger charge is -2.06. The summed E-state index contributed by atoms with van der Waals surface area (Å²) in [5.41, 5.74) is 4.75. The molecule has 0 aliphatic carbocycles. The zero-order valence-electron chi connectivity index (χ0n) is 9.93. The van der Waals surface area contributed by atoms with Gasteiger partial charge in [0.15, 0.2) is 0 Å². The molecule has 0 amide bonds. The molecule has 17 heavy (non-hydrogen) atoms. The Morgan fingerprint density at radius 1 is 1.06 bits per heavy atom. The molecule has 1 aromatic carbocycles. The number of aryl methyl sites for hydroxylation is 3. The zero-order chi connectivity index (χ0) is 12.2. The van der Waals surface area contributed by atoms with Gasteiger partial charge in [-0.25, -0.2) is 4.52 Å². The van der Waals surface area contributed by atoms with Crippen molar-refractivity contribution < 1.29 is 0 Å². The van der Waals surface area contributed by atoms with Crippen molar-refractivity contribution in [2.24, 2.45) is 0 Å². The monoisotopic (exact) mass is 228 g/mol. The maximum atomic E-state index is 11.6. The Morgan fingerprint density at radius 3 is 2.53 bits per heavy atom. The summed E-state index contributed by atoms with van der Waals surface area (Å²) in [6, 6.07) is 5.58. The van der Waals surface area contributed by atoms with E-state index in [4.69, 9.17) is 0 Å². The van der Waals surface area contributed by atoms with Crippen LogP contribution in [0.2, 0.25) is 0 Å². The normalized spacial score (nSPS) is 11.5. The number of rotatable bonds is 0. The third-order valence-electron chi connectivity index (χ3n) is 3.11. The van der Waals surface area contributed by atoms with E-state index in [0.29, 0.717) is 0 Å². The number of fused-ring (bicyclic) bond motifs is 3. The van der Waals surface area contributed by atoms with Crippen LogP contribution in [0.4, 0.5) is 0 Å². The van der Waals surface area contributed by atoms with Gasteiger partial charge in [0.05, 0.1) is 5.52 Å². The van der Waals surface area contributed by atoms with E-state index in [0.717, 1.165) is 16.7 Å². The summed E-state index contributed by atoms with van der Waals surface area (Å²) in [6.45, 7) is 5.97. The minimum atomic E-state index is -0.157. The second kappa shape index (κ2) is 3.16. The van der Waals surface area contributed by atoms with Crippen LogP contribution in [-0.4, -0.2) is 19.5 Å². The quantitative estimate of drug-likeness (QED) is 0.582. The van der Waals surface area contributed by atoms with Crippen LogP contribution in [0.25, 0.3) is 11.0 Å². The molecule has 3 rings (SSSR count). The van der Waals surface area contributed by atoms with Crippen molar-refractivity contribution in [1.29, 1.82) is 0 Å². The summed E-state index contributed by atoms with van der Waals surface area (Å²) in [5, 5.41) is 8.00. The van der Waals surface area contributed by atoms with Gasteiger partial charge in [-0.2, -0.15) is 0 Å². The van der Waals surface area contributed by atoms with Gasteiger partial charge >= 0.3 is 0 Å². The summed E-state index contributed by atoms with van der Waals surface area (Å²) < 4.78 is 3.07. The van der Waals surface area contributed by atoms with Crippen molar-refractivity contribution in [3.63, 3.8) is 0 Å². The van der Waals surface area contributed by atoms with Crippen LogP contribution in [0.3, 0.4) is 0 Å². The van der Waals surface area contributed by atoms with Gasteiger partial charge in [-0.15, -0.1) is 9.73 Å². The first-order valence-corrected chi connectivity index (χ1v) is 5.43. The highest BCUT2D eigenvalue weighted by Crippen LogP contribution is 2.16. The molecule has 0 fully saturated rings. The highest BCUT2D eigenvalue weighted by Gasteiger charge is 2.08. The molecule has 2 heterocycles. The Balaban J connectivity index is 2.63. The molecule has 0 bridgehead atoms. The molecule has 0 spiro atoms. The predicted molar refractivity (Wildman–Crippen MR) is 64.4 cm³/mol. The lowest BCUT2D eigenvalue weighted by atomic mass is 10.1. The van der Waals surface area contributed by atoms with Gasteiger partial charge < -0.3 is 0 Å². The standard InChI is InChI=1S/C12H12N4O/c1-7-4-10-11(5-8(7)2)15-9(3)6-12(17)16(15)14-13-10/h4-6H,1-3H3. The molecule has 0 saturated carbocycles. The molecule has 5 heteroatoms. The number of hydrogen-bond acceptors (Lipinski definition) is 3. The minimum absolute atomic E-state index is 0.157. The Kier molecular flexibility index (Phi) is 1.86. The highest BCUT2D eigenvalue weighted by atomic mass is 16.1. The second-order valence-corrected chi connectivity index (χ2v) is 4.34. The zero-order valence-corrected chi connectivity index (χ0v) is 9.93. The molecular weight excluding hydrogens is 216 g/mol. The third kappa shape index (κ3) is 1.28. The summed E-state index contributed by atoms with van der Waals surface area (Å²) in [5.74, 6) is 0. The molecule has 86 valence electrons. The number of benzene rings is 1. The number of nitrogens with zero attached hydrogens (tertiary/aromatic N) is 4. The van der Waals surface area contributed by atoms with Crippen LogP contribution >= 0.6 is 0 Å². The maximum Gasteiger partial charge on any atom is 0.290 e. The largest absolute Gasteiger partial charge is 0.290 e. The lowest BCUT2D eigenvalue weighted by molar-refractivity contribution is 0.636. The highest BCUT2D eigenvalue weighted by molar-refractivity contribution is 5.76. The lowest BCUT2D eigenvalue weighted by Crippen LogP contribution is -2.16. The second-order valence-electron chi connectivity index (χ2n) is 4.34. The Morgan fingerprint density at radius 2 is 1.76 bits per heavy atom. The molecule has 5 nitrogen and oxygen atoms in total. The fourth-order valence-electron chi connectivity index (χ4n) is 2.05. The molecule has 0 aliphatic rings. The average Bonchev–Trinajstić information content (AvgIpc) is 2.56. The fourth-order valence-corrected chi connectivity index (χ4v) is 2.05. The van der Waals surface area contributed by atoms with Crippen LogP contribution in [-0.2, 0) is 0 Å². The van der Waals surface area contributed by atoms with E-state index in [1.807, 2.05) is 32.9 Å². The molecule has 0 saturated heterocycles. The average molecular weight is 228 g/mol. The van der Waals surface area contributed by atoms with Crippen molar-refractivity contribution in [1.82, 2.24) is 19.5 Å². The first-order chi connectivity index (χ1) is 8.08. The maximum absolute atomic E-state index is 11.6. The smallest absolute Gasteiger partial charge is 0.266 e. The summed E-state index contributed by atoms with van der Waals surface area (Å²) in [7, 11) is 0. The predicted octanol–water partition coefficient (Wildman–Crippen LogP) is 1.27. The molecule has 0 unspecified atom stereocenters. The third-order valence-corrected chi connectivity index (χ3v) is 3.11. The van der Waals surface area contributed by atoms with Gasteiger partial charge in [-0.3, -0.25) is 4.79 Å². The summed E-state index contributed by atoms with van der Waals surface area (Å²) in [6.07, 6.45) is 0. The molecule has 0 aliphatic heterocycles. The fraction of sp³-hybridized carbons (Fsp3) is 0.250. The van der Waals surface area contributed by atoms with Crippen LogP contribution in [0, 0.1) is 20.8 Å². The van der Waals surface area contributed by atoms with Gasteiger partial charge in [-0.05, 0) is 49.2 Å². The van der Waals surface area contributed by atoms with Gasteiger partial charge in [0.2, 0.25) is 0 Å².